The van der Waals surface area contributed by atoms with Crippen LogP contribution in [0, 0.1) is 13.8 Å². The normalized spacial score (nSPS) is 19.4. The van der Waals surface area contributed by atoms with Gasteiger partial charge in [-0.3, -0.25) is 0 Å². The lowest BCUT2D eigenvalue weighted by Crippen LogP contribution is -2.52. The molecule has 1 N–H and O–H groups in total. The van der Waals surface area contributed by atoms with Gasteiger partial charge < -0.3 is 14.4 Å². The molecule has 2 heterocycles. The van der Waals surface area contributed by atoms with Crippen LogP contribution in [-0.2, 0) is 20.5 Å². The Hall–Kier alpha value is -1.93. The first-order valence-corrected chi connectivity index (χ1v) is 14.9. The van der Waals surface area contributed by atoms with E-state index in [1.165, 1.54) is 12.8 Å². The Bertz CT molecular complexity index is 1000. The van der Waals surface area contributed by atoms with Crippen LogP contribution < -0.4 is 4.83 Å². The molecule has 37 heavy (non-hydrogen) atoms. The van der Waals surface area contributed by atoms with Gasteiger partial charge in [0.15, 0.2) is 22.6 Å². The largest absolute Gasteiger partial charge is 0.352 e. The van der Waals surface area contributed by atoms with Gasteiger partial charge in [0.25, 0.3) is 0 Å². The molecule has 6 nitrogen and oxygen atoms in total. The third-order valence-electron chi connectivity index (χ3n) is 5.87. The highest BCUT2D eigenvalue weighted by Gasteiger charge is 2.44. The van der Waals surface area contributed by atoms with E-state index in [4.69, 9.17) is 21.1 Å². The zero-order chi connectivity index (χ0) is 27.4. The molecule has 2 aliphatic heterocycles. The number of benzene rings is 2. The summed E-state index contributed by atoms with van der Waals surface area (Å²) in [6, 6.07) is 13.5. The Labute approximate surface area is 231 Å². The molecular formula is C29H44ClN3O3S. The zero-order valence-electron chi connectivity index (χ0n) is 23.5. The number of ether oxygens (including phenoxy) is 2. The molecule has 2 aromatic rings. The summed E-state index contributed by atoms with van der Waals surface area (Å²) in [5.74, 6) is 0.179. The molecule has 2 atom stereocenters. The van der Waals surface area contributed by atoms with E-state index in [0.29, 0.717) is 35.5 Å². The van der Waals surface area contributed by atoms with Crippen molar-refractivity contribution in [3.8, 4) is 0 Å². The molecule has 2 aromatic carbocycles. The predicted molar refractivity (Wildman–Crippen MR) is 155 cm³/mol. The van der Waals surface area contributed by atoms with Crippen molar-refractivity contribution < 1.29 is 13.7 Å². The van der Waals surface area contributed by atoms with Gasteiger partial charge in [-0.15, -0.1) is 5.10 Å². The fourth-order valence-corrected chi connectivity index (χ4v) is 5.19. The molecule has 8 heteroatoms. The number of likely N-dealkylation sites (tertiary alicyclic amines) is 1. The van der Waals surface area contributed by atoms with Crippen LogP contribution >= 0.6 is 11.6 Å². The average molecular weight is 550 g/mol. The van der Waals surface area contributed by atoms with Crippen LogP contribution in [0.5, 0.6) is 0 Å². The number of hydrogen-bond acceptors (Lipinski definition) is 4. The van der Waals surface area contributed by atoms with Crippen LogP contribution in [0.25, 0.3) is 0 Å². The topological polar surface area (TPSA) is 63.2 Å². The summed E-state index contributed by atoms with van der Waals surface area (Å²) < 4.78 is 24.7. The summed E-state index contributed by atoms with van der Waals surface area (Å²) in [5, 5.41) is 5.24. The second-order valence-electron chi connectivity index (χ2n) is 9.56. The molecule has 4 rings (SSSR count). The molecular weight excluding hydrogens is 506 g/mol. The van der Waals surface area contributed by atoms with Crippen molar-refractivity contribution in [2.45, 2.75) is 90.9 Å². The first-order valence-electron chi connectivity index (χ1n) is 13.3. The number of hydrazone groups is 1. The van der Waals surface area contributed by atoms with Crippen LogP contribution in [0.4, 0.5) is 0 Å². The summed E-state index contributed by atoms with van der Waals surface area (Å²) in [6.45, 7) is 16.6. The predicted octanol–water partition coefficient (Wildman–Crippen LogP) is 6.99. The summed E-state index contributed by atoms with van der Waals surface area (Å²) >= 11 is 6.60. The Morgan fingerprint density at radius 3 is 2.22 bits per heavy atom. The van der Waals surface area contributed by atoms with Crippen molar-refractivity contribution in [3.05, 3.63) is 64.2 Å². The highest BCUT2D eigenvalue weighted by atomic mass is 35.5. The van der Waals surface area contributed by atoms with Crippen molar-refractivity contribution in [1.29, 1.82) is 0 Å². The van der Waals surface area contributed by atoms with E-state index in [1.807, 2.05) is 56.3 Å². The lowest BCUT2D eigenvalue weighted by Gasteiger charge is -2.43. The fraction of sp³-hybridized carbons (Fsp3) is 0.552. The van der Waals surface area contributed by atoms with Gasteiger partial charge in [0.2, 0.25) is 0 Å². The molecule has 0 bridgehead atoms. The molecule has 2 aliphatic rings. The second kappa shape index (κ2) is 15.5. The molecule has 1 spiro atoms. The molecule has 0 aromatic heterocycles. The fourth-order valence-electron chi connectivity index (χ4n) is 4.23. The summed E-state index contributed by atoms with van der Waals surface area (Å²) in [7, 11) is -1.48. The third kappa shape index (κ3) is 8.81. The lowest BCUT2D eigenvalue weighted by atomic mass is 9.95. The molecule has 2 fully saturated rings. The molecule has 0 aliphatic carbocycles. The number of nitrogens with zero attached hydrogens (tertiary/aromatic N) is 2. The van der Waals surface area contributed by atoms with Crippen molar-refractivity contribution >= 4 is 28.4 Å². The summed E-state index contributed by atoms with van der Waals surface area (Å²) in [6.07, 6.45) is 3.97. The summed E-state index contributed by atoms with van der Waals surface area (Å²) in [5.41, 5.74) is 2.97. The zero-order valence-corrected chi connectivity index (χ0v) is 25.0. The Kier molecular flexibility index (Phi) is 13.1. The average Bonchev–Trinajstić information content (AvgIpc) is 3.30. The maximum Gasteiger partial charge on any atom is 0.172 e. The molecule has 0 radical (unpaired) electrons. The van der Waals surface area contributed by atoms with E-state index in [2.05, 4.69) is 49.5 Å². The maximum absolute atomic E-state index is 12.8. The van der Waals surface area contributed by atoms with E-state index in [9.17, 15) is 4.21 Å². The van der Waals surface area contributed by atoms with Gasteiger partial charge in [-0.2, -0.15) is 0 Å². The van der Waals surface area contributed by atoms with Crippen molar-refractivity contribution in [1.82, 2.24) is 9.73 Å². The van der Waals surface area contributed by atoms with E-state index < -0.39 is 16.8 Å². The van der Waals surface area contributed by atoms with Gasteiger partial charge in [-0.1, -0.05) is 82.0 Å². The minimum absolute atomic E-state index is 0.107. The minimum Gasteiger partial charge on any atom is -0.352 e. The van der Waals surface area contributed by atoms with Crippen LogP contribution in [0.2, 0.25) is 5.02 Å². The number of amidine groups is 1. The van der Waals surface area contributed by atoms with Gasteiger partial charge in [0.05, 0.1) is 23.1 Å². The van der Waals surface area contributed by atoms with Gasteiger partial charge in [0, 0.05) is 31.0 Å². The molecule has 206 valence electrons. The number of hydrogen-bond donors (Lipinski definition) is 1. The first-order chi connectivity index (χ1) is 17.7. The SMILES string of the molecule is CCC.CCC.Cc1ccc(S(=O)N/N=C(\c2c(C)cccc2Cl)N2CCC3(CC2C)OCCO3)cc1. The number of piperidine rings is 1. The van der Waals surface area contributed by atoms with E-state index in [0.717, 1.165) is 29.5 Å². The monoisotopic (exact) mass is 549 g/mol. The Morgan fingerprint density at radius 2 is 1.68 bits per heavy atom. The number of rotatable bonds is 4. The minimum atomic E-state index is -1.48. The van der Waals surface area contributed by atoms with Crippen molar-refractivity contribution in [3.63, 3.8) is 0 Å². The highest BCUT2D eigenvalue weighted by molar-refractivity contribution is 7.83. The Morgan fingerprint density at radius 1 is 1.08 bits per heavy atom. The highest BCUT2D eigenvalue weighted by Crippen LogP contribution is 2.36. The molecule has 2 saturated heterocycles. The Balaban J connectivity index is 0.000000733. The van der Waals surface area contributed by atoms with Gasteiger partial charge in [-0.25, -0.2) is 9.04 Å². The third-order valence-corrected chi connectivity index (χ3v) is 7.15. The van der Waals surface area contributed by atoms with E-state index >= 15 is 0 Å². The van der Waals surface area contributed by atoms with Gasteiger partial charge in [-0.05, 0) is 44.5 Å². The molecule has 2 unspecified atom stereocenters. The first kappa shape index (κ1) is 31.3. The van der Waals surface area contributed by atoms with E-state index in [1.54, 1.807) is 0 Å². The van der Waals surface area contributed by atoms with Gasteiger partial charge >= 0.3 is 0 Å². The van der Waals surface area contributed by atoms with Crippen LogP contribution in [0.15, 0.2) is 52.5 Å². The van der Waals surface area contributed by atoms with Crippen molar-refractivity contribution in [2.75, 3.05) is 19.8 Å². The van der Waals surface area contributed by atoms with Crippen LogP contribution in [0.1, 0.15) is 77.0 Å². The number of aryl methyl sites for hydroxylation is 2. The summed E-state index contributed by atoms with van der Waals surface area (Å²) in [4.78, 5) is 5.72. The smallest absolute Gasteiger partial charge is 0.172 e. The van der Waals surface area contributed by atoms with Crippen LogP contribution in [-0.4, -0.2) is 46.5 Å². The molecule has 0 amide bonds. The lowest BCUT2D eigenvalue weighted by molar-refractivity contribution is -0.188. The maximum atomic E-state index is 12.8. The van der Waals surface area contributed by atoms with Crippen LogP contribution in [0.3, 0.4) is 0 Å². The number of nitrogens with one attached hydrogen (secondary N) is 1. The standard InChI is InChI=1S/C23H28ClN3O3S.2C3H8/c1-16-7-9-19(10-8-16)31(28)26-25-22(21-17(2)5-4-6-20(21)24)27-12-11-23(15-18(27)3)29-13-14-30-23;2*1-3-2/h4-10,18,26H,11-15H2,1-3H3;2*3H2,1-2H3/b25-22+;;. The van der Waals surface area contributed by atoms with Gasteiger partial charge in [0.1, 0.15) is 0 Å². The van der Waals surface area contributed by atoms with E-state index in [-0.39, 0.29) is 6.04 Å². The quantitative estimate of drug-likeness (QED) is 0.253. The van der Waals surface area contributed by atoms with Crippen molar-refractivity contribution in [2.24, 2.45) is 5.10 Å². The second-order valence-corrected chi connectivity index (χ2v) is 11.2. The molecule has 0 saturated carbocycles. The number of halogens is 1.